The van der Waals surface area contributed by atoms with Gasteiger partial charge in [-0.2, -0.15) is 0 Å². The number of methoxy groups -OCH3 is 1. The lowest BCUT2D eigenvalue weighted by Gasteiger charge is -2.06. The van der Waals surface area contributed by atoms with Gasteiger partial charge in [0.15, 0.2) is 0 Å². The van der Waals surface area contributed by atoms with E-state index in [2.05, 4.69) is 4.98 Å². The van der Waals surface area contributed by atoms with Crippen molar-refractivity contribution in [3.05, 3.63) is 23.9 Å². The fourth-order valence-electron chi connectivity index (χ4n) is 1.03. The van der Waals surface area contributed by atoms with Crippen molar-refractivity contribution < 1.29 is 14.6 Å². The predicted molar refractivity (Wildman–Crippen MR) is 50.1 cm³/mol. The predicted octanol–water partition coefficient (Wildman–Crippen LogP) is 0.0446. The Hall–Kier alpha value is -1.62. The molecule has 76 valence electrons. The van der Waals surface area contributed by atoms with Gasteiger partial charge in [-0.05, 0) is 18.1 Å². The molecular weight excluding hydrogens is 184 g/mol. The summed E-state index contributed by atoms with van der Waals surface area (Å²) >= 11 is 0. The highest BCUT2D eigenvalue weighted by atomic mass is 16.5. The van der Waals surface area contributed by atoms with Crippen LogP contribution in [0, 0.1) is 0 Å². The zero-order chi connectivity index (χ0) is 10.6. The number of carboxylic acid groups (broad SMARTS) is 1. The molecule has 1 atom stereocenters. The zero-order valence-corrected chi connectivity index (χ0v) is 7.80. The third-order valence-electron chi connectivity index (χ3n) is 1.78. The van der Waals surface area contributed by atoms with Gasteiger partial charge in [0.2, 0.25) is 5.88 Å². The molecule has 3 N–H and O–H groups in total. The fourth-order valence-corrected chi connectivity index (χ4v) is 1.03. The maximum absolute atomic E-state index is 10.5. The van der Waals surface area contributed by atoms with E-state index in [0.717, 1.165) is 5.56 Å². The topological polar surface area (TPSA) is 85.4 Å². The van der Waals surface area contributed by atoms with E-state index in [1.165, 1.54) is 7.11 Å². The lowest BCUT2D eigenvalue weighted by Crippen LogP contribution is -2.32. The quantitative estimate of drug-likeness (QED) is 0.710. The SMILES string of the molecule is COc1cc(C[C@@H](N)C(=O)O)ccn1. The average molecular weight is 196 g/mol. The molecule has 0 bridgehead atoms. The van der Waals surface area contributed by atoms with E-state index >= 15 is 0 Å². The number of carbonyl (C=O) groups is 1. The summed E-state index contributed by atoms with van der Waals surface area (Å²) in [7, 11) is 1.50. The number of nitrogens with two attached hydrogens (primary N) is 1. The Kier molecular flexibility index (Phi) is 3.41. The first kappa shape index (κ1) is 10.5. The first-order valence-corrected chi connectivity index (χ1v) is 4.11. The molecule has 1 aromatic heterocycles. The van der Waals surface area contributed by atoms with Crippen molar-refractivity contribution in [2.75, 3.05) is 7.11 Å². The van der Waals surface area contributed by atoms with E-state index in [1.54, 1.807) is 18.3 Å². The second-order valence-electron chi connectivity index (χ2n) is 2.86. The van der Waals surface area contributed by atoms with Crippen LogP contribution in [0.2, 0.25) is 0 Å². The second-order valence-corrected chi connectivity index (χ2v) is 2.86. The highest BCUT2D eigenvalue weighted by Gasteiger charge is 2.12. The smallest absolute Gasteiger partial charge is 0.320 e. The number of ether oxygens (including phenoxy) is 1. The number of rotatable bonds is 4. The Bertz CT molecular complexity index is 328. The van der Waals surface area contributed by atoms with Crippen molar-refractivity contribution in [3.63, 3.8) is 0 Å². The van der Waals surface area contributed by atoms with E-state index in [9.17, 15) is 4.79 Å². The van der Waals surface area contributed by atoms with E-state index < -0.39 is 12.0 Å². The minimum atomic E-state index is -1.01. The molecule has 0 saturated heterocycles. The van der Waals surface area contributed by atoms with Crippen molar-refractivity contribution in [1.82, 2.24) is 4.98 Å². The van der Waals surface area contributed by atoms with Crippen LogP contribution in [0.3, 0.4) is 0 Å². The summed E-state index contributed by atoms with van der Waals surface area (Å²) in [6.07, 6.45) is 1.83. The van der Waals surface area contributed by atoms with Crippen LogP contribution in [-0.2, 0) is 11.2 Å². The standard InChI is InChI=1S/C9H12N2O3/c1-14-8-5-6(2-3-11-8)4-7(10)9(12)13/h2-3,5,7H,4,10H2,1H3,(H,12,13)/t7-/m1/s1. The molecule has 0 amide bonds. The van der Waals surface area contributed by atoms with Crippen molar-refractivity contribution >= 4 is 5.97 Å². The zero-order valence-electron chi connectivity index (χ0n) is 7.80. The number of hydrogen-bond donors (Lipinski definition) is 2. The largest absolute Gasteiger partial charge is 0.481 e. The van der Waals surface area contributed by atoms with E-state index in [1.807, 2.05) is 0 Å². The highest BCUT2D eigenvalue weighted by molar-refractivity contribution is 5.73. The van der Waals surface area contributed by atoms with Crippen LogP contribution in [0.15, 0.2) is 18.3 Å². The molecule has 0 aliphatic rings. The van der Waals surface area contributed by atoms with Crippen LogP contribution in [0.4, 0.5) is 0 Å². The summed E-state index contributed by atoms with van der Waals surface area (Å²) in [4.78, 5) is 14.4. The van der Waals surface area contributed by atoms with Gasteiger partial charge in [0.05, 0.1) is 7.11 Å². The maximum atomic E-state index is 10.5. The minimum absolute atomic E-state index is 0.272. The summed E-state index contributed by atoms with van der Waals surface area (Å²) in [6.45, 7) is 0. The second kappa shape index (κ2) is 4.57. The number of aliphatic carboxylic acids is 1. The van der Waals surface area contributed by atoms with Crippen molar-refractivity contribution in [1.29, 1.82) is 0 Å². The van der Waals surface area contributed by atoms with Gasteiger partial charge >= 0.3 is 5.97 Å². The average Bonchev–Trinajstić information content (AvgIpc) is 2.18. The van der Waals surface area contributed by atoms with Crippen LogP contribution in [0.1, 0.15) is 5.56 Å². The maximum Gasteiger partial charge on any atom is 0.320 e. The molecule has 0 aromatic carbocycles. The Morgan fingerprint density at radius 2 is 2.50 bits per heavy atom. The monoisotopic (exact) mass is 196 g/mol. The van der Waals surface area contributed by atoms with Crippen molar-refractivity contribution in [2.24, 2.45) is 5.73 Å². The highest BCUT2D eigenvalue weighted by Crippen LogP contribution is 2.09. The van der Waals surface area contributed by atoms with Gasteiger partial charge in [-0.15, -0.1) is 0 Å². The summed E-state index contributed by atoms with van der Waals surface area (Å²) in [6, 6.07) is 2.50. The molecule has 5 nitrogen and oxygen atoms in total. The van der Waals surface area contributed by atoms with Crippen molar-refractivity contribution in [2.45, 2.75) is 12.5 Å². The van der Waals surface area contributed by atoms with Crippen LogP contribution in [-0.4, -0.2) is 29.2 Å². The molecule has 0 unspecified atom stereocenters. The number of carboxylic acids is 1. The molecule has 1 aromatic rings. The summed E-state index contributed by atoms with van der Waals surface area (Å²) < 4.78 is 4.90. The van der Waals surface area contributed by atoms with Gasteiger partial charge in [-0.3, -0.25) is 4.79 Å². The van der Waals surface area contributed by atoms with E-state index in [0.29, 0.717) is 5.88 Å². The molecule has 0 fully saturated rings. The molecule has 1 heterocycles. The van der Waals surface area contributed by atoms with Gasteiger partial charge in [0, 0.05) is 12.3 Å². The number of nitrogens with zero attached hydrogens (tertiary/aromatic N) is 1. The van der Waals surface area contributed by atoms with Gasteiger partial charge < -0.3 is 15.6 Å². The molecule has 14 heavy (non-hydrogen) atoms. The minimum Gasteiger partial charge on any atom is -0.481 e. The fraction of sp³-hybridized carbons (Fsp3) is 0.333. The van der Waals surface area contributed by atoms with E-state index in [4.69, 9.17) is 15.6 Å². The van der Waals surface area contributed by atoms with Gasteiger partial charge in [0.1, 0.15) is 6.04 Å². The lowest BCUT2D eigenvalue weighted by molar-refractivity contribution is -0.138. The van der Waals surface area contributed by atoms with Gasteiger partial charge in [0.25, 0.3) is 0 Å². The van der Waals surface area contributed by atoms with Crippen LogP contribution in [0.25, 0.3) is 0 Å². The molecule has 0 aliphatic carbocycles. The third-order valence-corrected chi connectivity index (χ3v) is 1.78. The molecule has 0 radical (unpaired) electrons. The Labute approximate surface area is 81.5 Å². The molecular formula is C9H12N2O3. The Morgan fingerprint density at radius 1 is 1.79 bits per heavy atom. The first-order valence-electron chi connectivity index (χ1n) is 4.11. The van der Waals surface area contributed by atoms with Crippen LogP contribution in [0.5, 0.6) is 5.88 Å². The molecule has 5 heteroatoms. The first-order chi connectivity index (χ1) is 6.63. The Morgan fingerprint density at radius 3 is 3.07 bits per heavy atom. The summed E-state index contributed by atoms with van der Waals surface area (Å²) in [5.41, 5.74) is 6.18. The van der Waals surface area contributed by atoms with Crippen LogP contribution < -0.4 is 10.5 Å². The van der Waals surface area contributed by atoms with Crippen LogP contribution >= 0.6 is 0 Å². The lowest BCUT2D eigenvalue weighted by atomic mass is 10.1. The normalized spacial score (nSPS) is 12.1. The van der Waals surface area contributed by atoms with E-state index in [-0.39, 0.29) is 6.42 Å². The number of pyridine rings is 1. The molecule has 0 spiro atoms. The number of aromatic nitrogens is 1. The molecule has 1 rings (SSSR count). The Balaban J connectivity index is 2.71. The molecule has 0 saturated carbocycles. The van der Waals surface area contributed by atoms with Gasteiger partial charge in [-0.1, -0.05) is 0 Å². The summed E-state index contributed by atoms with van der Waals surface area (Å²) in [5, 5.41) is 8.60. The molecule has 0 aliphatic heterocycles. The van der Waals surface area contributed by atoms with Gasteiger partial charge in [-0.25, -0.2) is 4.98 Å². The number of hydrogen-bond acceptors (Lipinski definition) is 4. The third kappa shape index (κ3) is 2.70. The van der Waals surface area contributed by atoms with Crippen molar-refractivity contribution in [3.8, 4) is 5.88 Å². The summed E-state index contributed by atoms with van der Waals surface area (Å²) in [5.74, 6) is -0.555.